The molecule has 0 saturated carbocycles. The lowest BCUT2D eigenvalue weighted by molar-refractivity contribution is -0.119. The topological polar surface area (TPSA) is 71.1 Å². The second-order valence-corrected chi connectivity index (χ2v) is 7.41. The number of amides is 2. The molecule has 0 aliphatic carbocycles. The molecule has 6 heteroatoms. The average Bonchev–Trinajstić information content (AvgIpc) is 3.02. The van der Waals surface area contributed by atoms with Gasteiger partial charge in [0.15, 0.2) is 5.13 Å². The van der Waals surface area contributed by atoms with Gasteiger partial charge in [-0.25, -0.2) is 4.98 Å². The highest BCUT2D eigenvalue weighted by Gasteiger charge is 2.11. The van der Waals surface area contributed by atoms with Crippen molar-refractivity contribution in [1.82, 2.24) is 4.98 Å². The van der Waals surface area contributed by atoms with Crippen LogP contribution in [0.1, 0.15) is 25.8 Å². The number of aromatic nitrogens is 1. The molecule has 0 bridgehead atoms. The molecule has 0 atom stereocenters. The van der Waals surface area contributed by atoms with E-state index in [0.717, 1.165) is 15.8 Å². The quantitative estimate of drug-likeness (QED) is 0.675. The molecule has 134 valence electrons. The number of thiazole rings is 1. The van der Waals surface area contributed by atoms with Crippen LogP contribution in [0, 0.1) is 5.92 Å². The molecule has 1 heterocycles. The van der Waals surface area contributed by atoms with Gasteiger partial charge in [-0.15, -0.1) is 0 Å². The van der Waals surface area contributed by atoms with Gasteiger partial charge in [-0.3, -0.25) is 9.59 Å². The Morgan fingerprint density at radius 2 is 1.85 bits per heavy atom. The normalized spacial score (nSPS) is 10.9. The Morgan fingerprint density at radius 3 is 2.58 bits per heavy atom. The van der Waals surface area contributed by atoms with E-state index in [9.17, 15) is 9.59 Å². The first kappa shape index (κ1) is 18.1. The second-order valence-electron chi connectivity index (χ2n) is 6.38. The Kier molecular flexibility index (Phi) is 5.63. The first-order chi connectivity index (χ1) is 12.5. The summed E-state index contributed by atoms with van der Waals surface area (Å²) in [6.45, 7) is 3.68. The minimum absolute atomic E-state index is 0.0308. The molecule has 3 aromatic rings. The SMILES string of the molecule is CC(C)C(=O)Nc1nc2cc(NC(=O)CCc3ccccc3)ccc2s1. The molecule has 0 radical (unpaired) electrons. The summed E-state index contributed by atoms with van der Waals surface area (Å²) in [5.41, 5.74) is 2.61. The molecular formula is C20H21N3O2S. The number of nitrogens with zero attached hydrogens (tertiary/aromatic N) is 1. The highest BCUT2D eigenvalue weighted by Crippen LogP contribution is 2.28. The monoisotopic (exact) mass is 367 g/mol. The molecule has 3 rings (SSSR count). The van der Waals surface area contributed by atoms with E-state index in [1.54, 1.807) is 0 Å². The number of benzene rings is 2. The Bertz CT molecular complexity index is 919. The molecule has 0 aliphatic rings. The van der Waals surface area contributed by atoms with E-state index in [4.69, 9.17) is 0 Å². The number of anilines is 2. The minimum atomic E-state index is -0.0959. The van der Waals surface area contributed by atoms with Crippen molar-refractivity contribution in [2.75, 3.05) is 10.6 Å². The van der Waals surface area contributed by atoms with Crippen LogP contribution in [0.2, 0.25) is 0 Å². The molecule has 0 fully saturated rings. The third kappa shape index (κ3) is 4.67. The number of hydrogen-bond acceptors (Lipinski definition) is 4. The molecule has 0 unspecified atom stereocenters. The average molecular weight is 367 g/mol. The number of carbonyl (C=O) groups is 2. The summed E-state index contributed by atoms with van der Waals surface area (Å²) in [5.74, 6) is -0.184. The van der Waals surface area contributed by atoms with Crippen molar-refractivity contribution >= 4 is 44.2 Å². The highest BCUT2D eigenvalue weighted by atomic mass is 32.1. The molecule has 2 amide bonds. The van der Waals surface area contributed by atoms with Gasteiger partial charge in [0, 0.05) is 18.0 Å². The predicted molar refractivity (Wildman–Crippen MR) is 106 cm³/mol. The van der Waals surface area contributed by atoms with E-state index < -0.39 is 0 Å². The number of nitrogens with one attached hydrogen (secondary N) is 2. The maximum absolute atomic E-state index is 12.2. The van der Waals surface area contributed by atoms with Crippen molar-refractivity contribution in [2.24, 2.45) is 5.92 Å². The van der Waals surface area contributed by atoms with E-state index >= 15 is 0 Å². The number of rotatable bonds is 6. The highest BCUT2D eigenvalue weighted by molar-refractivity contribution is 7.22. The molecule has 5 nitrogen and oxygen atoms in total. The van der Waals surface area contributed by atoms with Crippen LogP contribution in [0.4, 0.5) is 10.8 Å². The molecule has 2 aromatic carbocycles. The summed E-state index contributed by atoms with van der Waals surface area (Å²) in [7, 11) is 0. The third-order valence-electron chi connectivity index (χ3n) is 3.91. The maximum atomic E-state index is 12.2. The van der Waals surface area contributed by atoms with Crippen LogP contribution in [0.15, 0.2) is 48.5 Å². The number of fused-ring (bicyclic) bond motifs is 1. The third-order valence-corrected chi connectivity index (χ3v) is 4.86. The molecule has 0 aliphatic heterocycles. The lowest BCUT2D eigenvalue weighted by Gasteiger charge is -2.05. The van der Waals surface area contributed by atoms with Crippen molar-refractivity contribution in [3.05, 3.63) is 54.1 Å². The zero-order valence-corrected chi connectivity index (χ0v) is 15.6. The van der Waals surface area contributed by atoms with Gasteiger partial charge in [-0.2, -0.15) is 0 Å². The van der Waals surface area contributed by atoms with Crippen molar-refractivity contribution in [3.63, 3.8) is 0 Å². The molecule has 0 spiro atoms. The molecule has 1 aromatic heterocycles. The Hall–Kier alpha value is -2.73. The smallest absolute Gasteiger partial charge is 0.228 e. The molecule has 26 heavy (non-hydrogen) atoms. The van der Waals surface area contributed by atoms with Gasteiger partial charge < -0.3 is 10.6 Å². The van der Waals surface area contributed by atoms with Crippen molar-refractivity contribution in [2.45, 2.75) is 26.7 Å². The van der Waals surface area contributed by atoms with Gasteiger partial charge >= 0.3 is 0 Å². The first-order valence-corrected chi connectivity index (χ1v) is 9.38. The van der Waals surface area contributed by atoms with Gasteiger partial charge in [0.25, 0.3) is 0 Å². The summed E-state index contributed by atoms with van der Waals surface area (Å²) in [5, 5.41) is 6.30. The van der Waals surface area contributed by atoms with Crippen LogP contribution in [0.25, 0.3) is 10.2 Å². The number of aryl methyl sites for hydroxylation is 1. The van der Waals surface area contributed by atoms with Crippen molar-refractivity contribution in [1.29, 1.82) is 0 Å². The van der Waals surface area contributed by atoms with E-state index in [1.165, 1.54) is 11.3 Å². The summed E-state index contributed by atoms with van der Waals surface area (Å²) >= 11 is 1.42. The standard InChI is InChI=1S/C20H21N3O2S/c1-13(2)19(25)23-20-22-16-12-15(9-10-17(16)26-20)21-18(24)11-8-14-6-4-3-5-7-14/h3-7,9-10,12-13H,8,11H2,1-2H3,(H,21,24)(H,22,23,25). The minimum Gasteiger partial charge on any atom is -0.326 e. The Labute approximate surface area is 156 Å². The van der Waals surface area contributed by atoms with Gasteiger partial charge in [-0.1, -0.05) is 55.5 Å². The van der Waals surface area contributed by atoms with E-state index in [1.807, 2.05) is 62.4 Å². The van der Waals surface area contributed by atoms with Gasteiger partial charge in [0.1, 0.15) is 0 Å². The fraction of sp³-hybridized carbons (Fsp3) is 0.250. The molecule has 2 N–H and O–H groups in total. The lowest BCUT2D eigenvalue weighted by Crippen LogP contribution is -2.17. The molecular weight excluding hydrogens is 346 g/mol. The van der Waals surface area contributed by atoms with Gasteiger partial charge in [0.2, 0.25) is 11.8 Å². The second kappa shape index (κ2) is 8.10. The summed E-state index contributed by atoms with van der Waals surface area (Å²) in [6, 6.07) is 15.5. The maximum Gasteiger partial charge on any atom is 0.228 e. The van der Waals surface area contributed by atoms with Crippen LogP contribution in [0.5, 0.6) is 0 Å². The van der Waals surface area contributed by atoms with Crippen LogP contribution in [-0.2, 0) is 16.0 Å². The van der Waals surface area contributed by atoms with E-state index in [0.29, 0.717) is 23.7 Å². The Morgan fingerprint density at radius 1 is 1.08 bits per heavy atom. The van der Waals surface area contributed by atoms with Crippen molar-refractivity contribution in [3.8, 4) is 0 Å². The fourth-order valence-electron chi connectivity index (χ4n) is 2.43. The predicted octanol–water partition coefficient (Wildman–Crippen LogP) is 4.46. The van der Waals surface area contributed by atoms with Crippen LogP contribution >= 0.6 is 11.3 Å². The van der Waals surface area contributed by atoms with Crippen LogP contribution in [-0.4, -0.2) is 16.8 Å². The largest absolute Gasteiger partial charge is 0.326 e. The van der Waals surface area contributed by atoms with E-state index in [2.05, 4.69) is 15.6 Å². The summed E-state index contributed by atoms with van der Waals surface area (Å²) in [4.78, 5) is 28.4. The summed E-state index contributed by atoms with van der Waals surface area (Å²) in [6.07, 6.45) is 1.13. The number of hydrogen-bond donors (Lipinski definition) is 2. The lowest BCUT2D eigenvalue weighted by atomic mass is 10.1. The van der Waals surface area contributed by atoms with E-state index in [-0.39, 0.29) is 17.7 Å². The summed E-state index contributed by atoms with van der Waals surface area (Å²) < 4.78 is 0.964. The van der Waals surface area contributed by atoms with Gasteiger partial charge in [-0.05, 0) is 30.2 Å². The Balaban J connectivity index is 1.63. The first-order valence-electron chi connectivity index (χ1n) is 8.56. The zero-order valence-electron chi connectivity index (χ0n) is 14.8. The van der Waals surface area contributed by atoms with Crippen molar-refractivity contribution < 1.29 is 9.59 Å². The molecule has 0 saturated heterocycles. The zero-order chi connectivity index (χ0) is 18.5. The van der Waals surface area contributed by atoms with Gasteiger partial charge in [0.05, 0.1) is 10.2 Å². The van der Waals surface area contributed by atoms with Crippen LogP contribution in [0.3, 0.4) is 0 Å². The fourth-order valence-corrected chi connectivity index (χ4v) is 3.28. The van der Waals surface area contributed by atoms with Crippen LogP contribution < -0.4 is 10.6 Å². The number of carbonyl (C=O) groups excluding carboxylic acids is 2.